The molecule has 12 nitrogen and oxygen atoms in total. The van der Waals surface area contributed by atoms with Gasteiger partial charge in [-0.3, -0.25) is 9.36 Å². The summed E-state index contributed by atoms with van der Waals surface area (Å²) in [6.07, 6.45) is 4.15. The number of aromatic nitrogens is 6. The van der Waals surface area contributed by atoms with Gasteiger partial charge in [0.05, 0.1) is 23.6 Å². The molecule has 41 heavy (non-hydrogen) atoms. The fourth-order valence-corrected chi connectivity index (χ4v) is 6.39. The zero-order valence-corrected chi connectivity index (χ0v) is 24.9. The van der Waals surface area contributed by atoms with Crippen molar-refractivity contribution in [3.05, 3.63) is 52.7 Å². The minimum Gasteiger partial charge on any atom is -0.474 e. The number of hydrogen-bond donors (Lipinski definition) is 0. The van der Waals surface area contributed by atoms with Crippen LogP contribution >= 0.6 is 0 Å². The Morgan fingerprint density at radius 3 is 2.44 bits per heavy atom. The number of hydrogen-bond acceptors (Lipinski definition) is 9. The largest absolute Gasteiger partial charge is 0.474 e. The van der Waals surface area contributed by atoms with Crippen LogP contribution in [0.3, 0.4) is 0 Å². The van der Waals surface area contributed by atoms with Crippen LogP contribution in [0.15, 0.2) is 46.3 Å². The molecule has 1 saturated heterocycles. The maximum Gasteiger partial charge on any atom is 0.281 e. The van der Waals surface area contributed by atoms with Crippen LogP contribution in [0.25, 0.3) is 28.2 Å². The molecule has 0 radical (unpaired) electrons. The van der Waals surface area contributed by atoms with Crippen molar-refractivity contribution in [3.63, 3.8) is 0 Å². The van der Waals surface area contributed by atoms with E-state index in [9.17, 15) is 13.2 Å². The minimum atomic E-state index is -3.83. The van der Waals surface area contributed by atoms with Gasteiger partial charge in [0, 0.05) is 39.4 Å². The van der Waals surface area contributed by atoms with Crippen LogP contribution < -0.4 is 10.3 Å². The quantitative estimate of drug-likeness (QED) is 0.293. The van der Waals surface area contributed by atoms with Gasteiger partial charge < -0.3 is 9.64 Å². The number of likely N-dealkylation sites (N-methyl/N-ethyl adjacent to an activating group) is 1. The van der Waals surface area contributed by atoms with Gasteiger partial charge in [-0.05, 0) is 45.0 Å². The Kier molecular flexibility index (Phi) is 8.20. The summed E-state index contributed by atoms with van der Waals surface area (Å²) in [5.41, 5.74) is 1.35. The second-order valence-corrected chi connectivity index (χ2v) is 12.3. The van der Waals surface area contributed by atoms with Gasteiger partial charge in [-0.25, -0.2) is 28.1 Å². The molecule has 0 unspecified atom stereocenters. The molecule has 4 aromatic rings. The number of aryl methyl sites for hydroxylation is 1. The average Bonchev–Trinajstić information content (AvgIpc) is 3.34. The van der Waals surface area contributed by atoms with E-state index in [1.807, 2.05) is 39.0 Å². The van der Waals surface area contributed by atoms with Gasteiger partial charge >= 0.3 is 0 Å². The van der Waals surface area contributed by atoms with Crippen LogP contribution in [-0.4, -0.2) is 85.8 Å². The summed E-state index contributed by atoms with van der Waals surface area (Å²) in [6.45, 7) is 10.8. The molecule has 0 amide bonds. The van der Waals surface area contributed by atoms with E-state index in [1.165, 1.54) is 21.1 Å². The first-order chi connectivity index (χ1) is 19.6. The molecule has 0 aliphatic carbocycles. The first kappa shape index (κ1) is 28.8. The van der Waals surface area contributed by atoms with Crippen molar-refractivity contribution in [3.8, 4) is 23.1 Å². The molecule has 0 spiro atoms. The molecular formula is C28H36N8O4S. The molecule has 1 aliphatic heterocycles. The third-order valence-electron chi connectivity index (χ3n) is 7.18. The van der Waals surface area contributed by atoms with Crippen molar-refractivity contribution in [2.24, 2.45) is 7.05 Å². The third kappa shape index (κ3) is 5.48. The topological polar surface area (TPSA) is 128 Å². The van der Waals surface area contributed by atoms with Gasteiger partial charge in [-0.2, -0.15) is 9.40 Å². The summed E-state index contributed by atoms with van der Waals surface area (Å²) in [7, 11) is -2.24. The van der Waals surface area contributed by atoms with E-state index in [2.05, 4.69) is 26.9 Å². The maximum atomic E-state index is 13.7. The molecule has 5 rings (SSSR count). The second-order valence-electron chi connectivity index (χ2n) is 10.3. The first-order valence-corrected chi connectivity index (χ1v) is 15.4. The summed E-state index contributed by atoms with van der Waals surface area (Å²) in [6, 6.07) is 7.01. The van der Waals surface area contributed by atoms with E-state index in [4.69, 9.17) is 9.72 Å². The van der Waals surface area contributed by atoms with Crippen molar-refractivity contribution in [1.29, 1.82) is 0 Å². The van der Waals surface area contributed by atoms with E-state index in [0.717, 1.165) is 18.7 Å². The predicted molar refractivity (Wildman–Crippen MR) is 156 cm³/mol. The highest BCUT2D eigenvalue weighted by atomic mass is 32.2. The Hall–Kier alpha value is -3.68. The number of piperazine rings is 1. The fourth-order valence-electron chi connectivity index (χ4n) is 5.00. The standard InChI is InChI=1S/C28H36N8O4S/c1-6-10-22-24-25(32-36(22)23-11-8-9-12-29-23)28(37)33(5)26(31-24)21-17-20(18-30-27(21)40-19(3)4)41(38,39)35-15-13-34(7-2)14-16-35/h8-9,11-12,17-19H,6-7,10,13-16H2,1-5H3. The van der Waals surface area contributed by atoms with Gasteiger partial charge in [-0.15, -0.1) is 0 Å². The van der Waals surface area contributed by atoms with Crippen molar-refractivity contribution in [2.75, 3.05) is 32.7 Å². The van der Waals surface area contributed by atoms with Crippen LogP contribution in [0.4, 0.5) is 0 Å². The monoisotopic (exact) mass is 580 g/mol. The van der Waals surface area contributed by atoms with Crippen LogP contribution in [0.1, 0.15) is 39.8 Å². The second kappa shape index (κ2) is 11.7. The van der Waals surface area contributed by atoms with E-state index in [0.29, 0.717) is 49.5 Å². The summed E-state index contributed by atoms with van der Waals surface area (Å²) < 4.78 is 37.9. The molecule has 218 valence electrons. The number of nitrogens with zero attached hydrogens (tertiary/aromatic N) is 8. The highest BCUT2D eigenvalue weighted by molar-refractivity contribution is 7.89. The highest BCUT2D eigenvalue weighted by Gasteiger charge is 2.30. The lowest BCUT2D eigenvalue weighted by Gasteiger charge is -2.33. The van der Waals surface area contributed by atoms with Crippen LogP contribution in [0.2, 0.25) is 0 Å². The lowest BCUT2D eigenvalue weighted by Crippen LogP contribution is -2.48. The molecule has 5 heterocycles. The van der Waals surface area contributed by atoms with Crippen LogP contribution in [0.5, 0.6) is 5.88 Å². The average molecular weight is 581 g/mol. The normalized spacial score (nSPS) is 15.2. The van der Waals surface area contributed by atoms with Crippen molar-refractivity contribution >= 4 is 21.1 Å². The smallest absolute Gasteiger partial charge is 0.281 e. The predicted octanol–water partition coefficient (Wildman–Crippen LogP) is 2.64. The molecule has 13 heteroatoms. The molecule has 0 atom stereocenters. The zero-order chi connectivity index (χ0) is 29.3. The Labute approximate surface area is 239 Å². The summed E-state index contributed by atoms with van der Waals surface area (Å²) in [4.78, 5) is 29.7. The Bertz CT molecular complexity index is 1710. The number of rotatable bonds is 9. The van der Waals surface area contributed by atoms with Gasteiger partial charge in [0.2, 0.25) is 15.9 Å². The zero-order valence-electron chi connectivity index (χ0n) is 24.1. The van der Waals surface area contributed by atoms with Crippen molar-refractivity contribution in [1.82, 2.24) is 38.5 Å². The summed E-state index contributed by atoms with van der Waals surface area (Å²) >= 11 is 0. The van der Waals surface area contributed by atoms with Gasteiger partial charge in [-0.1, -0.05) is 26.3 Å². The molecule has 0 aromatic carbocycles. The van der Waals surface area contributed by atoms with Gasteiger partial charge in [0.25, 0.3) is 5.56 Å². The van der Waals surface area contributed by atoms with Crippen molar-refractivity contribution in [2.45, 2.75) is 51.5 Å². The molecule has 1 aliphatic rings. The Morgan fingerprint density at radius 1 is 1.05 bits per heavy atom. The van der Waals surface area contributed by atoms with Crippen LogP contribution in [-0.2, 0) is 23.5 Å². The number of ether oxygens (including phenoxy) is 1. The molecule has 0 bridgehead atoms. The lowest BCUT2D eigenvalue weighted by atomic mass is 10.2. The van der Waals surface area contributed by atoms with E-state index >= 15 is 0 Å². The number of pyridine rings is 2. The van der Waals surface area contributed by atoms with E-state index < -0.39 is 10.0 Å². The lowest BCUT2D eigenvalue weighted by molar-refractivity contribution is 0.196. The third-order valence-corrected chi connectivity index (χ3v) is 9.04. The molecule has 1 fully saturated rings. The molecule has 4 aromatic heterocycles. The maximum absolute atomic E-state index is 13.7. The van der Waals surface area contributed by atoms with E-state index in [-0.39, 0.29) is 33.8 Å². The fraction of sp³-hybridized carbons (Fsp3) is 0.464. The SMILES string of the molecule is CCCc1c2nc(-c3cc(S(=O)(=O)N4CCN(CC)CC4)cnc3OC(C)C)n(C)c(=O)c2nn1-c1ccccn1. The van der Waals surface area contributed by atoms with Crippen molar-refractivity contribution < 1.29 is 13.2 Å². The number of fused-ring (bicyclic) bond motifs is 1. The molecule has 0 N–H and O–H groups in total. The van der Waals surface area contributed by atoms with Gasteiger partial charge in [0.15, 0.2) is 11.3 Å². The molecular weight excluding hydrogens is 544 g/mol. The highest BCUT2D eigenvalue weighted by Crippen LogP contribution is 2.32. The number of sulfonamides is 1. The summed E-state index contributed by atoms with van der Waals surface area (Å²) in [5.74, 6) is 1.03. The van der Waals surface area contributed by atoms with E-state index in [1.54, 1.807) is 17.9 Å². The summed E-state index contributed by atoms with van der Waals surface area (Å²) in [5, 5.41) is 4.60. The first-order valence-electron chi connectivity index (χ1n) is 13.9. The minimum absolute atomic E-state index is 0.0286. The van der Waals surface area contributed by atoms with Gasteiger partial charge in [0.1, 0.15) is 16.2 Å². The molecule has 0 saturated carbocycles. The van der Waals surface area contributed by atoms with Crippen LogP contribution in [0, 0.1) is 0 Å². The Morgan fingerprint density at radius 2 is 1.80 bits per heavy atom. The Balaban J connectivity index is 1.69.